The van der Waals surface area contributed by atoms with Gasteiger partial charge in [0.15, 0.2) is 0 Å². The molecule has 8 aliphatic rings. The first-order valence-corrected chi connectivity index (χ1v) is 46.4. The van der Waals surface area contributed by atoms with E-state index in [1.807, 2.05) is 36.4 Å². The summed E-state index contributed by atoms with van der Waals surface area (Å²) in [4.78, 5) is 71.1. The number of carboxylic acid groups (broad SMARTS) is 4. The Labute approximate surface area is 771 Å². The number of aromatic carboxylic acids is 4. The van der Waals surface area contributed by atoms with E-state index in [9.17, 15) is 39.6 Å². The molecule has 0 unspecified atom stereocenters. The molecule has 4 fully saturated rings. The molecular weight excluding hydrogens is 1660 g/mol. The highest BCUT2D eigenvalue weighted by atomic mass is 16.5. The van der Waals surface area contributed by atoms with Crippen LogP contribution in [0.1, 0.15) is 224 Å². The Balaban J connectivity index is 0.000000123. The van der Waals surface area contributed by atoms with Gasteiger partial charge in [0.2, 0.25) is 0 Å². The van der Waals surface area contributed by atoms with Crippen molar-refractivity contribution in [2.24, 2.45) is 5.92 Å². The minimum absolute atomic E-state index is 0.327. The average Bonchev–Trinajstić information content (AvgIpc) is 1.37. The van der Waals surface area contributed by atoms with Gasteiger partial charge in [0.1, 0.15) is 40.2 Å². The zero-order valence-electron chi connectivity index (χ0n) is 75.2. The van der Waals surface area contributed by atoms with Gasteiger partial charge in [0, 0.05) is 148 Å². The highest BCUT2D eigenvalue weighted by Gasteiger charge is 2.32. The fraction of sp³-hybridized carbons (Fsp3) is 0.339. The van der Waals surface area contributed by atoms with E-state index < -0.39 is 23.9 Å². The van der Waals surface area contributed by atoms with Crippen LogP contribution >= 0.6 is 0 Å². The van der Waals surface area contributed by atoms with Crippen molar-refractivity contribution < 1.29 is 72.8 Å². The summed E-state index contributed by atoms with van der Waals surface area (Å²) in [6, 6.07) is 65.4. The van der Waals surface area contributed by atoms with E-state index in [0.29, 0.717) is 110 Å². The molecular formula is C109H114N8O15. The third kappa shape index (κ3) is 22.9. The lowest BCUT2D eigenvalue weighted by Crippen LogP contribution is -2.17. The lowest BCUT2D eigenvalue weighted by molar-refractivity contribution is 0.0684. The smallest absolute Gasteiger partial charge is 0.336 e. The standard InChI is InChI=1S/C28H30N2O4.2C27H28N2O4.C27H28N2O3/c1-30(22-6-9-24(10-7-22)34-18-19-2-3-19)23-8-11-25-20(13-15-33-27(25)16-23)4-5-21-17-29-14-12-26(21)28(31)32;2*1-29(20-4-7-22(8-5-20)33-23-9-10-23)21-6-11-24-18(13-15-32-26(24)16-21)2-3-19-17-28-14-12-25(19)27(30)31;1-29(22-8-6-19(7-9-22)18-2-3-18)23-10-11-24-20(13-15-32-26(24)16-23)4-5-21-17-28-14-12-25(21)27(30)31/h6-12,14,16-17,19-20H,2-5,13,15,18H2,1H3,(H,31,32);2*4-8,11-12,14,16-18,23H,2-3,9-10,13,15H2,1H3,(H,30,31);6-12,14,16-18,20H,2-5,13,15H2,1H3,(H,30,31)/t20-;2*18-;20-/m1111/s1. The Hall–Kier alpha value is -14.0. The van der Waals surface area contributed by atoms with Crippen LogP contribution in [-0.4, -0.2) is 138 Å². The first-order valence-electron chi connectivity index (χ1n) is 46.4. The van der Waals surface area contributed by atoms with Gasteiger partial charge in [-0.25, -0.2) is 19.2 Å². The molecule has 12 aromatic rings. The van der Waals surface area contributed by atoms with Gasteiger partial charge >= 0.3 is 23.9 Å². The third-order valence-corrected chi connectivity index (χ3v) is 26.6. The van der Waals surface area contributed by atoms with Crippen molar-refractivity contribution in [1.29, 1.82) is 0 Å². The summed E-state index contributed by atoms with van der Waals surface area (Å²) in [5, 5.41) is 37.7. The Morgan fingerprint density at radius 1 is 0.318 bits per heavy atom. The predicted octanol–water partition coefficient (Wildman–Crippen LogP) is 22.9. The van der Waals surface area contributed by atoms with Crippen molar-refractivity contribution in [3.8, 4) is 40.2 Å². The molecule has 0 bridgehead atoms. The van der Waals surface area contributed by atoms with Crippen LogP contribution in [0.15, 0.2) is 244 Å². The van der Waals surface area contributed by atoms with E-state index in [2.05, 4.69) is 201 Å². The number of carboxylic acids is 4. The van der Waals surface area contributed by atoms with Crippen LogP contribution in [0.5, 0.6) is 40.2 Å². The second kappa shape index (κ2) is 41.9. The summed E-state index contributed by atoms with van der Waals surface area (Å²) in [5.41, 5.74) is 19.4. The van der Waals surface area contributed by atoms with Crippen LogP contribution in [0.4, 0.5) is 45.5 Å². The fourth-order valence-electron chi connectivity index (χ4n) is 18.0. The number of ether oxygens (including phenoxy) is 7. The molecule has 8 aromatic carbocycles. The highest BCUT2D eigenvalue weighted by Crippen LogP contribution is 2.47. The number of hydrogen-bond donors (Lipinski definition) is 4. The molecule has 23 heteroatoms. The maximum Gasteiger partial charge on any atom is 0.336 e. The number of hydrogen-bond acceptors (Lipinski definition) is 19. The molecule has 23 nitrogen and oxygen atoms in total. The monoisotopic (exact) mass is 1770 g/mol. The maximum absolute atomic E-state index is 11.5. The number of rotatable bonds is 32. The average molecular weight is 1780 g/mol. The number of carbonyl (C=O) groups is 4. The molecule has 4 atom stereocenters. The van der Waals surface area contributed by atoms with Gasteiger partial charge in [-0.2, -0.15) is 0 Å². The zero-order chi connectivity index (χ0) is 91.1. The normalized spacial score (nSPS) is 17.1. The molecule has 680 valence electrons. The van der Waals surface area contributed by atoms with Crippen molar-refractivity contribution in [2.45, 2.75) is 170 Å². The molecule has 132 heavy (non-hydrogen) atoms. The summed E-state index contributed by atoms with van der Waals surface area (Å²) in [6.07, 6.45) is 33.3. The maximum atomic E-state index is 11.5. The van der Waals surface area contributed by atoms with Crippen LogP contribution in [0.25, 0.3) is 0 Å². The Bertz CT molecular complexity index is 5840. The van der Waals surface area contributed by atoms with Crippen LogP contribution in [-0.2, 0) is 25.7 Å². The minimum Gasteiger partial charge on any atom is -0.493 e. The van der Waals surface area contributed by atoms with Gasteiger partial charge in [-0.05, 0) is 347 Å². The van der Waals surface area contributed by atoms with E-state index in [-0.39, 0.29) is 0 Å². The first kappa shape index (κ1) is 90.0. The van der Waals surface area contributed by atoms with E-state index in [0.717, 1.165) is 198 Å². The Morgan fingerprint density at radius 3 is 0.841 bits per heavy atom. The summed E-state index contributed by atoms with van der Waals surface area (Å²) in [6.45, 7) is 3.49. The Kier molecular flexibility index (Phi) is 28.5. The minimum atomic E-state index is -0.903. The van der Waals surface area contributed by atoms with Crippen molar-refractivity contribution in [3.63, 3.8) is 0 Å². The summed E-state index contributed by atoms with van der Waals surface area (Å²) < 4.78 is 41.6. The van der Waals surface area contributed by atoms with Crippen molar-refractivity contribution in [1.82, 2.24) is 19.9 Å². The molecule has 4 N–H and O–H groups in total. The van der Waals surface area contributed by atoms with Crippen LogP contribution in [0.3, 0.4) is 0 Å². The topological polar surface area (TPSA) is 278 Å². The molecule has 0 amide bonds. The lowest BCUT2D eigenvalue weighted by Gasteiger charge is -2.28. The highest BCUT2D eigenvalue weighted by molar-refractivity contribution is 5.91. The number of nitrogens with zero attached hydrogens (tertiary/aromatic N) is 8. The van der Waals surface area contributed by atoms with Crippen molar-refractivity contribution >= 4 is 69.4 Å². The van der Waals surface area contributed by atoms with E-state index in [1.165, 1.54) is 84.0 Å². The van der Waals surface area contributed by atoms with Crippen LogP contribution in [0, 0.1) is 5.92 Å². The number of pyridine rings is 4. The van der Waals surface area contributed by atoms with Crippen LogP contribution in [0.2, 0.25) is 0 Å². The fourth-order valence-corrected chi connectivity index (χ4v) is 18.0. The molecule has 4 aliphatic carbocycles. The molecule has 4 aromatic heterocycles. The predicted molar refractivity (Wildman–Crippen MR) is 511 cm³/mol. The number of benzene rings is 8. The molecule has 0 radical (unpaired) electrons. The van der Waals surface area contributed by atoms with Crippen molar-refractivity contribution in [2.75, 3.05) is 80.8 Å². The summed E-state index contributed by atoms with van der Waals surface area (Å²) in [5.74, 6) is 5.66. The molecule has 4 aliphatic heterocycles. The first-order chi connectivity index (χ1) is 64.3. The van der Waals surface area contributed by atoms with E-state index in [4.69, 9.17) is 33.2 Å². The summed E-state index contributed by atoms with van der Waals surface area (Å²) in [7, 11) is 8.24. The van der Waals surface area contributed by atoms with E-state index >= 15 is 0 Å². The third-order valence-electron chi connectivity index (χ3n) is 26.6. The van der Waals surface area contributed by atoms with Gasteiger partial charge in [-0.3, -0.25) is 19.9 Å². The second-order valence-corrected chi connectivity index (χ2v) is 35.7. The largest absolute Gasteiger partial charge is 0.493 e. The Morgan fingerprint density at radius 2 is 0.583 bits per heavy atom. The van der Waals surface area contributed by atoms with Gasteiger partial charge in [0.05, 0.1) is 67.5 Å². The molecule has 8 heterocycles. The SMILES string of the molecule is CN(c1ccc(C2CC2)cc1)c1ccc2c(c1)OCC[C@H]2CCc1cnccc1C(=O)O.CN(c1ccc(OC2CC2)cc1)c1ccc2c(c1)OCC[C@H]2CCc1cnccc1C(=O)O.CN(c1ccc(OC2CC2)cc1)c1ccc2c(c1)OCC[C@H]2CCc1cnccc1C(=O)O.CN(c1ccc(OCC2CC2)cc1)c1ccc2c(c1)OCC[C@H]2CCc1cnccc1C(=O)O. The van der Waals surface area contributed by atoms with E-state index in [1.54, 1.807) is 49.1 Å². The van der Waals surface area contributed by atoms with Gasteiger partial charge in [-0.1, -0.05) is 36.4 Å². The van der Waals surface area contributed by atoms with Gasteiger partial charge in [-0.15, -0.1) is 0 Å². The number of fused-ring (bicyclic) bond motifs is 4. The zero-order valence-corrected chi connectivity index (χ0v) is 75.2. The number of aromatic nitrogens is 4. The molecule has 4 saturated carbocycles. The number of aryl methyl sites for hydroxylation is 4. The van der Waals surface area contributed by atoms with Gasteiger partial charge in [0.25, 0.3) is 0 Å². The lowest BCUT2D eigenvalue weighted by atomic mass is 9.87. The molecule has 20 rings (SSSR count). The van der Waals surface area contributed by atoms with Crippen molar-refractivity contribution in [3.05, 3.63) is 316 Å². The summed E-state index contributed by atoms with van der Waals surface area (Å²) >= 11 is 0. The quantitative estimate of drug-likeness (QED) is 0.0305. The molecule has 0 spiro atoms. The van der Waals surface area contributed by atoms with Crippen LogP contribution < -0.4 is 52.8 Å². The number of anilines is 8. The second-order valence-electron chi connectivity index (χ2n) is 35.7. The molecule has 0 saturated heterocycles. The van der Waals surface area contributed by atoms with Gasteiger partial charge < -0.3 is 73.2 Å².